The zero-order valence-corrected chi connectivity index (χ0v) is 27.7. The number of hydrogen-bond acceptors (Lipinski definition) is 0. The van der Waals surface area contributed by atoms with Gasteiger partial charge in [0.2, 0.25) is 0 Å². The summed E-state index contributed by atoms with van der Waals surface area (Å²) in [7, 11) is 0. The molecule has 0 nitrogen and oxygen atoms in total. The number of hydrogen-bond donors (Lipinski definition) is 0. The third-order valence-corrected chi connectivity index (χ3v) is 8.28. The van der Waals surface area contributed by atoms with E-state index in [1.165, 1.54) is 76.8 Å². The Balaban J connectivity index is 0.000000221. The van der Waals surface area contributed by atoms with E-state index in [0.29, 0.717) is 5.92 Å². The molecule has 40 heavy (non-hydrogen) atoms. The second-order valence-electron chi connectivity index (χ2n) is 9.78. The first kappa shape index (κ1) is 33.8. The third-order valence-electron chi connectivity index (χ3n) is 6.86. The van der Waals surface area contributed by atoms with Gasteiger partial charge in [-0.1, -0.05) is 69.0 Å². The van der Waals surface area contributed by atoms with Crippen LogP contribution >= 0.6 is 0 Å². The van der Waals surface area contributed by atoms with Gasteiger partial charge in [0.05, 0.1) is 0 Å². The van der Waals surface area contributed by atoms with Gasteiger partial charge in [0.1, 0.15) is 0 Å². The molecule has 1 unspecified atom stereocenters. The summed E-state index contributed by atoms with van der Waals surface area (Å²) in [5.41, 5.74) is 6.77. The van der Waals surface area contributed by atoms with Crippen molar-refractivity contribution < 1.29 is 49.0 Å². The molecule has 0 amide bonds. The van der Waals surface area contributed by atoms with E-state index in [1.807, 2.05) is 0 Å². The number of halogens is 2. The fourth-order valence-corrected chi connectivity index (χ4v) is 5.50. The zero-order chi connectivity index (χ0) is 26.9. The molecule has 1 atom stereocenters. The Morgan fingerprint density at radius 2 is 1.18 bits per heavy atom. The molecule has 0 saturated heterocycles. The van der Waals surface area contributed by atoms with Gasteiger partial charge in [0.25, 0.3) is 0 Å². The van der Waals surface area contributed by atoms with E-state index >= 15 is 0 Å². The number of aryl methyl sites for hydroxylation is 2. The van der Waals surface area contributed by atoms with Crippen molar-refractivity contribution in [3.05, 3.63) is 149 Å². The number of benzene rings is 4. The Morgan fingerprint density at radius 1 is 0.725 bits per heavy atom. The van der Waals surface area contributed by atoms with Crippen LogP contribution in [0, 0.1) is 12.0 Å². The summed E-state index contributed by atoms with van der Waals surface area (Å²) in [5.74, 6) is 0.556. The summed E-state index contributed by atoms with van der Waals surface area (Å²) < 4.78 is 1.42. The van der Waals surface area contributed by atoms with Gasteiger partial charge in [-0.3, -0.25) is 6.08 Å². The molecule has 1 aliphatic carbocycles. The third kappa shape index (κ3) is 9.04. The molecule has 0 heterocycles. The molecule has 0 fully saturated rings. The van der Waals surface area contributed by atoms with Gasteiger partial charge in [0, 0.05) is 0 Å². The molecule has 0 aromatic heterocycles. The van der Waals surface area contributed by atoms with Crippen molar-refractivity contribution in [1.82, 2.24) is 0 Å². The average molecular weight is 643 g/mol. The van der Waals surface area contributed by atoms with E-state index in [-0.39, 0.29) is 24.8 Å². The molecule has 0 radical (unpaired) electrons. The summed E-state index contributed by atoms with van der Waals surface area (Å²) in [6.45, 7) is 8.62. The van der Waals surface area contributed by atoms with Crippen LogP contribution in [-0.2, 0) is 37.1 Å². The minimum atomic E-state index is 0. The van der Waals surface area contributed by atoms with Crippen molar-refractivity contribution in [2.75, 3.05) is 0 Å². The summed E-state index contributed by atoms with van der Waals surface area (Å²) in [6.07, 6.45) is 9.69. The van der Waals surface area contributed by atoms with Crippen molar-refractivity contribution in [3.63, 3.8) is 0 Å². The van der Waals surface area contributed by atoms with Crippen molar-refractivity contribution in [3.8, 4) is 0 Å². The van der Waals surface area contributed by atoms with E-state index in [0.717, 1.165) is 12.8 Å². The van der Waals surface area contributed by atoms with Crippen LogP contribution in [0.25, 0.3) is 21.5 Å². The van der Waals surface area contributed by atoms with Crippen molar-refractivity contribution >= 4 is 24.8 Å². The van der Waals surface area contributed by atoms with Crippen LogP contribution in [0.5, 0.6) is 0 Å². The van der Waals surface area contributed by atoms with E-state index in [2.05, 4.69) is 149 Å². The molecule has 204 valence electrons. The molecule has 0 aliphatic heterocycles. The van der Waals surface area contributed by atoms with Crippen LogP contribution in [0.2, 0.25) is 0 Å². The van der Waals surface area contributed by atoms with Gasteiger partial charge in [-0.25, -0.2) is 11.6 Å². The summed E-state index contributed by atoms with van der Waals surface area (Å²) in [6, 6.07) is 37.1. The van der Waals surface area contributed by atoms with Gasteiger partial charge in [0.15, 0.2) is 0 Å². The van der Waals surface area contributed by atoms with Crippen LogP contribution < -0.4 is 24.8 Å². The first-order chi connectivity index (χ1) is 18.5. The molecule has 5 aromatic rings. The first-order valence-corrected chi connectivity index (χ1v) is 14.8. The van der Waals surface area contributed by atoms with E-state index in [1.54, 1.807) is 0 Å². The Morgan fingerprint density at radius 3 is 1.50 bits per heavy atom. The maximum atomic E-state index is 3.22. The van der Waals surface area contributed by atoms with Gasteiger partial charge in [-0.2, -0.15) is 6.08 Å². The van der Waals surface area contributed by atoms with Crippen LogP contribution in [-0.4, -0.2) is 3.21 Å². The second-order valence-corrected chi connectivity index (χ2v) is 11.0. The molecule has 5 aromatic carbocycles. The molecular weight excluding hydrogens is 607 g/mol. The van der Waals surface area contributed by atoms with Crippen LogP contribution in [0.3, 0.4) is 0 Å². The van der Waals surface area contributed by atoms with Crippen molar-refractivity contribution in [1.29, 1.82) is 0 Å². The summed E-state index contributed by atoms with van der Waals surface area (Å²) in [5, 5.41) is 5.54. The molecule has 0 spiro atoms. The Bertz CT molecular complexity index is 1460. The standard InChI is InChI=1S/C17H17.C13H10.C7H9.2ClH.Zr/c1-3-12-5-7-16-14(9-12)11-15-10-13(4-2)6-8-17(15)16;1-3-7-12(8-4-1)11-13-9-5-2-6-10-13;1-6-3-4-7(2)5-6;;;/h5-11H,3-4H2,1-2H3;1-10H;3-4,6H,1-2H3;2*1H;/q-1;;-1;;;+2/p-2. The fraction of sp³-hybridized carbons (Fsp3) is 0.189. The number of fused-ring (bicyclic) bond motifs is 3. The fourth-order valence-electron chi connectivity index (χ4n) is 4.68. The Labute approximate surface area is 267 Å². The van der Waals surface area contributed by atoms with E-state index < -0.39 is 0 Å². The summed E-state index contributed by atoms with van der Waals surface area (Å²) in [4.78, 5) is 0. The van der Waals surface area contributed by atoms with Gasteiger partial charge in [-0.05, 0) is 12.8 Å². The second kappa shape index (κ2) is 16.7. The topological polar surface area (TPSA) is 0 Å². The zero-order valence-electron chi connectivity index (χ0n) is 23.7. The van der Waals surface area contributed by atoms with Gasteiger partial charge in [-0.15, -0.1) is 39.7 Å². The molecule has 3 heteroatoms. The molecule has 6 rings (SSSR count). The monoisotopic (exact) mass is 640 g/mol. The van der Waals surface area contributed by atoms with E-state index in [4.69, 9.17) is 0 Å². The van der Waals surface area contributed by atoms with Gasteiger partial charge < -0.3 is 24.8 Å². The molecule has 0 bridgehead atoms. The number of allylic oxidation sites excluding steroid dienone is 4. The Hall–Kier alpha value is -2.44. The minimum absolute atomic E-state index is 0. The maximum absolute atomic E-state index is 3.22. The average Bonchev–Trinajstić information content (AvgIpc) is 3.54. The quantitative estimate of drug-likeness (QED) is 0.263. The SMILES string of the molecule is CC1=[C-]C(C)C=C1.CCc1ccc2c(c1)[cH-]c1cc(CC)ccc12.[Cl-].[Cl-].[Zr+2]=[C](c1ccccc1)c1ccccc1. The molecule has 1 aliphatic rings. The first-order valence-electron chi connectivity index (χ1n) is 13.6. The van der Waals surface area contributed by atoms with Crippen molar-refractivity contribution in [2.24, 2.45) is 5.92 Å². The molecular formula is C37H36Cl2Zr-2. The Kier molecular flexibility index (Phi) is 14.1. The van der Waals surface area contributed by atoms with Crippen LogP contribution in [0.1, 0.15) is 49.9 Å². The van der Waals surface area contributed by atoms with Crippen LogP contribution in [0.15, 0.2) is 121 Å². The van der Waals surface area contributed by atoms with Gasteiger partial charge >= 0.3 is 99.2 Å². The molecule has 0 N–H and O–H groups in total. The predicted molar refractivity (Wildman–Crippen MR) is 163 cm³/mol. The predicted octanol–water partition coefficient (Wildman–Crippen LogP) is 3.59. The number of rotatable bonds is 4. The normalized spacial score (nSPS) is 13.2. The molecule has 0 saturated carbocycles. The van der Waals surface area contributed by atoms with E-state index in [9.17, 15) is 0 Å². The van der Waals surface area contributed by atoms with Crippen LogP contribution in [0.4, 0.5) is 0 Å². The summed E-state index contributed by atoms with van der Waals surface area (Å²) >= 11 is 1.46. The van der Waals surface area contributed by atoms with Crippen molar-refractivity contribution in [2.45, 2.75) is 40.5 Å².